The lowest BCUT2D eigenvalue weighted by Gasteiger charge is -2.17. The molecule has 0 bridgehead atoms. The van der Waals surface area contributed by atoms with Crippen molar-refractivity contribution in [1.82, 2.24) is 9.97 Å². The van der Waals surface area contributed by atoms with E-state index in [9.17, 15) is 8.42 Å². The molecule has 4 rings (SSSR count). The van der Waals surface area contributed by atoms with Crippen LogP contribution in [0.2, 0.25) is 0 Å². The summed E-state index contributed by atoms with van der Waals surface area (Å²) >= 11 is 0. The van der Waals surface area contributed by atoms with E-state index in [1.807, 2.05) is 50.2 Å². The molecule has 2 N–H and O–H groups in total. The van der Waals surface area contributed by atoms with Gasteiger partial charge in [-0.1, -0.05) is 48.5 Å². The number of anilines is 3. The number of nitrogens with zero attached hydrogens (tertiary/aromatic N) is 2. The molecule has 0 saturated heterocycles. The summed E-state index contributed by atoms with van der Waals surface area (Å²) in [7, 11) is -3.84. The molecule has 0 spiro atoms. The Balaban J connectivity index is 1.84. The first-order valence-corrected chi connectivity index (χ1v) is 11.0. The van der Waals surface area contributed by atoms with Crippen molar-refractivity contribution in [2.45, 2.75) is 25.7 Å². The second kappa shape index (κ2) is 7.76. The molecule has 7 heteroatoms. The van der Waals surface area contributed by atoms with E-state index in [4.69, 9.17) is 0 Å². The first-order chi connectivity index (χ1) is 14.3. The number of hydrogen-bond donors (Lipinski definition) is 2. The van der Waals surface area contributed by atoms with E-state index in [2.05, 4.69) is 20.0 Å². The number of sulfonamides is 1. The topological polar surface area (TPSA) is 84.0 Å². The Bertz CT molecular complexity index is 1330. The highest BCUT2D eigenvalue weighted by molar-refractivity contribution is 7.92. The SMILES string of the molecule is Cc1ccccc1S(=O)(=O)Nc1nc2ccccc2nc1Nc1c(C)cccc1C. The van der Waals surface area contributed by atoms with Gasteiger partial charge in [-0.3, -0.25) is 4.72 Å². The van der Waals surface area contributed by atoms with Crippen molar-refractivity contribution in [2.24, 2.45) is 0 Å². The van der Waals surface area contributed by atoms with Gasteiger partial charge in [0, 0.05) is 5.69 Å². The zero-order valence-electron chi connectivity index (χ0n) is 17.0. The highest BCUT2D eigenvalue weighted by Crippen LogP contribution is 2.30. The number of fused-ring (bicyclic) bond motifs is 1. The molecular formula is C23H22N4O2S. The molecule has 0 fully saturated rings. The maximum Gasteiger partial charge on any atom is 0.263 e. The van der Waals surface area contributed by atoms with Crippen LogP contribution in [0.3, 0.4) is 0 Å². The molecule has 0 aliphatic heterocycles. The largest absolute Gasteiger partial charge is 0.337 e. The van der Waals surface area contributed by atoms with Crippen LogP contribution in [0.5, 0.6) is 0 Å². The summed E-state index contributed by atoms with van der Waals surface area (Å²) in [5, 5.41) is 3.29. The van der Waals surface area contributed by atoms with E-state index in [0.29, 0.717) is 22.4 Å². The van der Waals surface area contributed by atoms with Crippen molar-refractivity contribution >= 4 is 38.4 Å². The van der Waals surface area contributed by atoms with E-state index in [-0.39, 0.29) is 10.7 Å². The summed E-state index contributed by atoms with van der Waals surface area (Å²) in [5.41, 5.74) is 4.86. The van der Waals surface area contributed by atoms with Gasteiger partial charge < -0.3 is 5.32 Å². The van der Waals surface area contributed by atoms with Gasteiger partial charge in [0.2, 0.25) is 0 Å². The Morgan fingerprint density at radius 1 is 0.667 bits per heavy atom. The molecule has 1 heterocycles. The second-order valence-electron chi connectivity index (χ2n) is 7.17. The van der Waals surface area contributed by atoms with Crippen molar-refractivity contribution in [3.8, 4) is 0 Å². The number of aryl methyl sites for hydroxylation is 3. The smallest absolute Gasteiger partial charge is 0.263 e. The van der Waals surface area contributed by atoms with E-state index >= 15 is 0 Å². The van der Waals surface area contributed by atoms with E-state index in [0.717, 1.165) is 16.8 Å². The van der Waals surface area contributed by atoms with Gasteiger partial charge in [-0.25, -0.2) is 18.4 Å². The molecule has 0 saturated carbocycles. The summed E-state index contributed by atoms with van der Waals surface area (Å²) in [6.07, 6.45) is 0. The van der Waals surface area contributed by atoms with Gasteiger partial charge >= 0.3 is 0 Å². The minimum atomic E-state index is -3.84. The fourth-order valence-corrected chi connectivity index (χ4v) is 4.59. The minimum absolute atomic E-state index is 0.152. The van der Waals surface area contributed by atoms with Gasteiger partial charge in [0.1, 0.15) is 0 Å². The molecule has 0 aliphatic carbocycles. The minimum Gasteiger partial charge on any atom is -0.337 e. The molecule has 0 radical (unpaired) electrons. The fraction of sp³-hybridized carbons (Fsp3) is 0.130. The van der Waals surface area contributed by atoms with Gasteiger partial charge in [-0.05, 0) is 55.7 Å². The van der Waals surface area contributed by atoms with Crippen LogP contribution in [0.1, 0.15) is 16.7 Å². The third kappa shape index (κ3) is 3.84. The molecule has 3 aromatic carbocycles. The maximum absolute atomic E-state index is 13.1. The first kappa shape index (κ1) is 19.8. The Labute approximate surface area is 176 Å². The zero-order chi connectivity index (χ0) is 21.3. The molecule has 0 unspecified atom stereocenters. The van der Waals surface area contributed by atoms with Gasteiger partial charge in [0.25, 0.3) is 10.0 Å². The number of aromatic nitrogens is 2. The van der Waals surface area contributed by atoms with Crippen LogP contribution in [0.4, 0.5) is 17.3 Å². The summed E-state index contributed by atoms with van der Waals surface area (Å²) in [5.74, 6) is 0.503. The lowest BCUT2D eigenvalue weighted by atomic mass is 10.1. The highest BCUT2D eigenvalue weighted by Gasteiger charge is 2.21. The van der Waals surface area contributed by atoms with Crippen LogP contribution in [-0.2, 0) is 10.0 Å². The number of para-hydroxylation sites is 3. The van der Waals surface area contributed by atoms with Crippen LogP contribution in [0.25, 0.3) is 11.0 Å². The van der Waals surface area contributed by atoms with Crippen LogP contribution >= 0.6 is 0 Å². The average Bonchev–Trinajstić information content (AvgIpc) is 2.71. The monoisotopic (exact) mass is 418 g/mol. The number of rotatable bonds is 5. The average molecular weight is 419 g/mol. The normalized spacial score (nSPS) is 11.4. The predicted octanol–water partition coefficient (Wildman–Crippen LogP) is 5.10. The number of nitrogens with one attached hydrogen (secondary N) is 2. The van der Waals surface area contributed by atoms with Gasteiger partial charge in [-0.15, -0.1) is 0 Å². The second-order valence-corrected chi connectivity index (χ2v) is 8.82. The molecule has 0 atom stereocenters. The first-order valence-electron chi connectivity index (χ1n) is 9.53. The van der Waals surface area contributed by atoms with E-state index in [1.54, 1.807) is 37.3 Å². The third-order valence-corrected chi connectivity index (χ3v) is 6.41. The lowest BCUT2D eigenvalue weighted by molar-refractivity contribution is 0.600. The van der Waals surface area contributed by atoms with Gasteiger partial charge in [0.05, 0.1) is 15.9 Å². The maximum atomic E-state index is 13.1. The summed E-state index contributed by atoms with van der Waals surface area (Å²) in [4.78, 5) is 9.41. The van der Waals surface area contributed by atoms with Crippen molar-refractivity contribution in [1.29, 1.82) is 0 Å². The Hall–Kier alpha value is -3.45. The zero-order valence-corrected chi connectivity index (χ0v) is 17.8. The number of hydrogen-bond acceptors (Lipinski definition) is 5. The highest BCUT2D eigenvalue weighted by atomic mass is 32.2. The summed E-state index contributed by atoms with van der Waals surface area (Å²) < 4.78 is 28.8. The van der Waals surface area contributed by atoms with Crippen LogP contribution in [-0.4, -0.2) is 18.4 Å². The summed E-state index contributed by atoms with van der Waals surface area (Å²) in [6, 6.07) is 20.1. The van der Waals surface area contributed by atoms with Crippen LogP contribution in [0.15, 0.2) is 71.6 Å². The third-order valence-electron chi connectivity index (χ3n) is 4.91. The quantitative estimate of drug-likeness (QED) is 0.471. The van der Waals surface area contributed by atoms with Crippen LogP contribution in [0, 0.1) is 20.8 Å². The molecule has 4 aromatic rings. The standard InChI is InChI=1S/C23H22N4O2S/c1-15-9-4-7-14-20(15)30(28,29)27-23-22(24-18-12-5-6-13-19(18)25-23)26-21-16(2)10-8-11-17(21)3/h4-14H,1-3H3,(H,24,26)(H,25,27). The van der Waals surface area contributed by atoms with Crippen molar-refractivity contribution in [2.75, 3.05) is 10.0 Å². The van der Waals surface area contributed by atoms with Crippen molar-refractivity contribution in [3.63, 3.8) is 0 Å². The molecule has 1 aromatic heterocycles. The Morgan fingerprint density at radius 2 is 1.20 bits per heavy atom. The van der Waals surface area contributed by atoms with Crippen molar-refractivity contribution in [3.05, 3.63) is 83.4 Å². The molecule has 30 heavy (non-hydrogen) atoms. The van der Waals surface area contributed by atoms with Crippen LogP contribution < -0.4 is 10.0 Å². The molecule has 0 amide bonds. The predicted molar refractivity (Wildman–Crippen MR) is 121 cm³/mol. The Kier molecular flexibility index (Phi) is 5.13. The number of benzene rings is 3. The van der Waals surface area contributed by atoms with Gasteiger partial charge in [-0.2, -0.15) is 0 Å². The molecule has 6 nitrogen and oxygen atoms in total. The van der Waals surface area contributed by atoms with Gasteiger partial charge in [0.15, 0.2) is 11.6 Å². The fourth-order valence-electron chi connectivity index (χ4n) is 3.33. The Morgan fingerprint density at radius 3 is 1.83 bits per heavy atom. The van der Waals surface area contributed by atoms with Crippen molar-refractivity contribution < 1.29 is 8.42 Å². The molecule has 0 aliphatic rings. The summed E-state index contributed by atoms with van der Waals surface area (Å²) in [6.45, 7) is 5.73. The molecular weight excluding hydrogens is 396 g/mol. The lowest BCUT2D eigenvalue weighted by Crippen LogP contribution is -2.17. The van der Waals surface area contributed by atoms with E-state index < -0.39 is 10.0 Å². The molecule has 152 valence electrons. The van der Waals surface area contributed by atoms with E-state index in [1.165, 1.54) is 0 Å².